The van der Waals surface area contributed by atoms with E-state index in [1.807, 2.05) is 0 Å². The second-order valence-electron chi connectivity index (χ2n) is 6.88. The van der Waals surface area contributed by atoms with Gasteiger partial charge in [-0.05, 0) is 43.5 Å². The molecule has 1 heterocycles. The van der Waals surface area contributed by atoms with Gasteiger partial charge in [0.25, 0.3) is 0 Å². The van der Waals surface area contributed by atoms with Gasteiger partial charge in [0.15, 0.2) is 0 Å². The lowest BCUT2D eigenvalue weighted by Crippen LogP contribution is -2.56. The first-order chi connectivity index (χ1) is 13.0. The van der Waals surface area contributed by atoms with Crippen molar-refractivity contribution in [1.82, 2.24) is 10.2 Å². The Balaban J connectivity index is 2.27. The molecule has 0 aliphatic carbocycles. The number of benzene rings is 1. The van der Waals surface area contributed by atoms with Crippen LogP contribution in [0.15, 0.2) is 36.9 Å². The summed E-state index contributed by atoms with van der Waals surface area (Å²) in [5.74, 6) is -2.47. The van der Waals surface area contributed by atoms with Crippen molar-refractivity contribution in [3.8, 4) is 0 Å². The smallest absolute Gasteiger partial charge is 0.367 e. The molecule has 1 saturated heterocycles. The summed E-state index contributed by atoms with van der Waals surface area (Å²) >= 11 is 0. The maximum Gasteiger partial charge on any atom is 0.416 e. The fraction of sp³-hybridized carbons (Fsp3) is 0.421. The molecule has 0 aromatic heterocycles. The van der Waals surface area contributed by atoms with E-state index in [1.54, 1.807) is 0 Å². The molecular formula is C19H22F3N3O3. The largest absolute Gasteiger partial charge is 0.416 e. The summed E-state index contributed by atoms with van der Waals surface area (Å²) in [4.78, 5) is 38.0. The molecule has 2 unspecified atom stereocenters. The SMILES string of the molecule is C=CC(=O)N1CCCC(C(=O)NC(C)(C(N)=O)c2cccc(C(F)(F)F)c2)C1. The Morgan fingerprint density at radius 3 is 2.50 bits per heavy atom. The molecule has 6 nitrogen and oxygen atoms in total. The summed E-state index contributed by atoms with van der Waals surface area (Å²) in [6, 6.07) is 4.11. The standard InChI is InChI=1S/C19H22F3N3O3/c1-3-15(26)25-9-5-6-12(11-25)16(27)24-18(2,17(23)28)13-7-4-8-14(10-13)19(20,21)22/h3-4,7-8,10,12H,1,5-6,9,11H2,2H3,(H2,23,28)(H,24,27). The second-order valence-corrected chi connectivity index (χ2v) is 6.88. The first-order valence-corrected chi connectivity index (χ1v) is 8.70. The molecule has 3 amide bonds. The van der Waals surface area contributed by atoms with Crippen molar-refractivity contribution in [2.24, 2.45) is 11.7 Å². The molecule has 0 bridgehead atoms. The Kier molecular flexibility index (Phi) is 6.16. The number of alkyl halides is 3. The number of carbonyl (C=O) groups excluding carboxylic acids is 3. The van der Waals surface area contributed by atoms with Crippen LogP contribution in [0.5, 0.6) is 0 Å². The molecule has 2 rings (SSSR count). The van der Waals surface area contributed by atoms with Crippen LogP contribution in [0.1, 0.15) is 30.9 Å². The van der Waals surface area contributed by atoms with E-state index >= 15 is 0 Å². The average Bonchev–Trinajstić information content (AvgIpc) is 2.66. The van der Waals surface area contributed by atoms with Crippen LogP contribution in [-0.4, -0.2) is 35.7 Å². The topological polar surface area (TPSA) is 92.5 Å². The monoisotopic (exact) mass is 397 g/mol. The molecule has 152 valence electrons. The van der Waals surface area contributed by atoms with Crippen LogP contribution in [0.25, 0.3) is 0 Å². The van der Waals surface area contributed by atoms with Crippen molar-refractivity contribution in [1.29, 1.82) is 0 Å². The van der Waals surface area contributed by atoms with E-state index in [-0.39, 0.29) is 18.0 Å². The highest BCUT2D eigenvalue weighted by atomic mass is 19.4. The number of nitrogens with two attached hydrogens (primary N) is 1. The van der Waals surface area contributed by atoms with Gasteiger partial charge in [-0.2, -0.15) is 13.2 Å². The lowest BCUT2D eigenvalue weighted by atomic mass is 9.88. The van der Waals surface area contributed by atoms with Gasteiger partial charge in [0.1, 0.15) is 5.54 Å². The van der Waals surface area contributed by atoms with Crippen molar-refractivity contribution in [3.05, 3.63) is 48.0 Å². The molecule has 1 fully saturated rings. The molecule has 9 heteroatoms. The minimum absolute atomic E-state index is 0.0713. The average molecular weight is 397 g/mol. The summed E-state index contributed by atoms with van der Waals surface area (Å²) in [5.41, 5.74) is 2.57. The summed E-state index contributed by atoms with van der Waals surface area (Å²) in [6.45, 7) is 5.29. The second kappa shape index (κ2) is 8.04. The number of likely N-dealkylation sites (tertiary alicyclic amines) is 1. The van der Waals surface area contributed by atoms with E-state index < -0.39 is 35.0 Å². The Bertz CT molecular complexity index is 794. The van der Waals surface area contributed by atoms with Gasteiger partial charge in [-0.3, -0.25) is 14.4 Å². The van der Waals surface area contributed by atoms with Crippen molar-refractivity contribution in [3.63, 3.8) is 0 Å². The quantitative estimate of drug-likeness (QED) is 0.744. The third kappa shape index (κ3) is 4.52. The normalized spacial score (nSPS) is 19.4. The van der Waals surface area contributed by atoms with Crippen molar-refractivity contribution in [2.45, 2.75) is 31.5 Å². The fourth-order valence-corrected chi connectivity index (χ4v) is 3.15. The molecular weight excluding hydrogens is 375 g/mol. The van der Waals surface area contributed by atoms with Crippen LogP contribution < -0.4 is 11.1 Å². The van der Waals surface area contributed by atoms with Crippen molar-refractivity contribution < 1.29 is 27.6 Å². The lowest BCUT2D eigenvalue weighted by Gasteiger charge is -2.35. The summed E-state index contributed by atoms with van der Waals surface area (Å²) in [6.07, 6.45) is -2.40. The Morgan fingerprint density at radius 2 is 1.93 bits per heavy atom. The van der Waals surface area contributed by atoms with Crippen LogP contribution in [0.4, 0.5) is 13.2 Å². The zero-order valence-corrected chi connectivity index (χ0v) is 15.4. The van der Waals surface area contributed by atoms with Crippen molar-refractivity contribution >= 4 is 17.7 Å². The zero-order valence-electron chi connectivity index (χ0n) is 15.4. The zero-order chi connectivity index (χ0) is 21.1. The number of halogens is 3. The molecule has 2 atom stereocenters. The predicted molar refractivity (Wildman–Crippen MR) is 95.6 cm³/mol. The molecule has 28 heavy (non-hydrogen) atoms. The number of piperidine rings is 1. The number of hydrogen-bond acceptors (Lipinski definition) is 3. The van der Waals surface area contributed by atoms with E-state index in [0.717, 1.165) is 24.3 Å². The first-order valence-electron chi connectivity index (χ1n) is 8.70. The summed E-state index contributed by atoms with van der Waals surface area (Å²) in [7, 11) is 0. The molecule has 1 aromatic carbocycles. The maximum atomic E-state index is 13.0. The van der Waals surface area contributed by atoms with E-state index in [2.05, 4.69) is 11.9 Å². The summed E-state index contributed by atoms with van der Waals surface area (Å²) in [5, 5.41) is 2.49. The van der Waals surface area contributed by atoms with Gasteiger partial charge in [0, 0.05) is 13.1 Å². The lowest BCUT2D eigenvalue weighted by molar-refractivity contribution is -0.138. The maximum absolute atomic E-state index is 13.0. The molecule has 1 aliphatic heterocycles. The van der Waals surface area contributed by atoms with Crippen LogP contribution in [-0.2, 0) is 26.1 Å². The number of amides is 3. The van der Waals surface area contributed by atoms with E-state index in [4.69, 9.17) is 5.73 Å². The minimum Gasteiger partial charge on any atom is -0.367 e. The Labute approximate surface area is 160 Å². The molecule has 3 N–H and O–H groups in total. The van der Waals surface area contributed by atoms with Crippen LogP contribution in [0.2, 0.25) is 0 Å². The predicted octanol–water partition coefficient (Wildman–Crippen LogP) is 1.95. The van der Waals surface area contributed by atoms with E-state index in [1.165, 1.54) is 17.9 Å². The van der Waals surface area contributed by atoms with Gasteiger partial charge in [-0.15, -0.1) is 0 Å². The van der Waals surface area contributed by atoms with Crippen LogP contribution in [0.3, 0.4) is 0 Å². The van der Waals surface area contributed by atoms with E-state index in [9.17, 15) is 27.6 Å². The highest BCUT2D eigenvalue weighted by Gasteiger charge is 2.40. The highest BCUT2D eigenvalue weighted by Crippen LogP contribution is 2.32. The van der Waals surface area contributed by atoms with Crippen LogP contribution in [0, 0.1) is 5.92 Å². The fourth-order valence-electron chi connectivity index (χ4n) is 3.15. The first kappa shape index (κ1) is 21.5. The number of rotatable bonds is 5. The van der Waals surface area contributed by atoms with Gasteiger partial charge in [-0.25, -0.2) is 0 Å². The molecule has 0 radical (unpaired) electrons. The van der Waals surface area contributed by atoms with Gasteiger partial charge in [-0.1, -0.05) is 18.7 Å². The van der Waals surface area contributed by atoms with Crippen LogP contribution >= 0.6 is 0 Å². The van der Waals surface area contributed by atoms with Gasteiger partial charge < -0.3 is 16.0 Å². The van der Waals surface area contributed by atoms with Gasteiger partial charge in [0.05, 0.1) is 11.5 Å². The third-order valence-electron chi connectivity index (χ3n) is 4.91. The molecule has 1 aromatic rings. The molecule has 0 spiro atoms. The van der Waals surface area contributed by atoms with Crippen molar-refractivity contribution in [2.75, 3.05) is 13.1 Å². The number of carbonyl (C=O) groups is 3. The Hall–Kier alpha value is -2.84. The highest BCUT2D eigenvalue weighted by molar-refractivity contribution is 5.92. The third-order valence-corrected chi connectivity index (χ3v) is 4.91. The molecule has 1 aliphatic rings. The molecule has 0 saturated carbocycles. The Morgan fingerprint density at radius 1 is 1.29 bits per heavy atom. The van der Waals surface area contributed by atoms with Gasteiger partial charge >= 0.3 is 6.18 Å². The number of primary amides is 1. The summed E-state index contributed by atoms with van der Waals surface area (Å²) < 4.78 is 39.0. The minimum atomic E-state index is -4.60. The van der Waals surface area contributed by atoms with Gasteiger partial charge in [0.2, 0.25) is 17.7 Å². The van der Waals surface area contributed by atoms with E-state index in [0.29, 0.717) is 19.4 Å². The number of hydrogen-bond donors (Lipinski definition) is 2. The number of nitrogens with one attached hydrogen (secondary N) is 1. The number of nitrogens with zero attached hydrogens (tertiary/aromatic N) is 1.